The predicted octanol–water partition coefficient (Wildman–Crippen LogP) is 4.76. The van der Waals surface area contributed by atoms with Crippen molar-refractivity contribution in [1.82, 2.24) is 0 Å². The molecular weight excluding hydrogens is 437 g/mol. The molecule has 2 aliphatic heterocycles. The van der Waals surface area contributed by atoms with Crippen LogP contribution < -0.4 is 15.8 Å². The molecule has 0 fully saturated rings. The highest BCUT2D eigenvalue weighted by Crippen LogP contribution is 2.39. The smallest absolute Gasteiger partial charge is 0.261 e. The SMILES string of the molecule is N=c1oc2c3c4c(cc2cc1C(=O)Nc1ccc(Br)cc1F)CCCN4CCC3. The van der Waals surface area contributed by atoms with E-state index < -0.39 is 11.7 Å². The molecule has 2 aromatic carbocycles. The van der Waals surface area contributed by atoms with Gasteiger partial charge in [0.2, 0.25) is 5.55 Å². The number of anilines is 2. The molecule has 1 amide bonds. The maximum Gasteiger partial charge on any atom is 0.261 e. The number of aryl methyl sites for hydroxylation is 2. The van der Waals surface area contributed by atoms with E-state index in [9.17, 15) is 9.18 Å². The van der Waals surface area contributed by atoms with Crippen molar-refractivity contribution in [3.63, 3.8) is 0 Å². The Morgan fingerprint density at radius 1 is 1.17 bits per heavy atom. The molecule has 3 heterocycles. The summed E-state index contributed by atoms with van der Waals surface area (Å²) in [5.41, 5.74) is 4.31. The molecule has 7 heteroatoms. The summed E-state index contributed by atoms with van der Waals surface area (Å²) in [4.78, 5) is 15.2. The average molecular weight is 456 g/mol. The van der Waals surface area contributed by atoms with Crippen molar-refractivity contribution in [2.45, 2.75) is 25.7 Å². The van der Waals surface area contributed by atoms with Crippen molar-refractivity contribution in [3.8, 4) is 0 Å². The Morgan fingerprint density at radius 3 is 2.76 bits per heavy atom. The van der Waals surface area contributed by atoms with Crippen LogP contribution in [0.5, 0.6) is 0 Å². The van der Waals surface area contributed by atoms with Gasteiger partial charge >= 0.3 is 0 Å². The number of carbonyl (C=O) groups is 1. The lowest BCUT2D eigenvalue weighted by Crippen LogP contribution is -2.34. The van der Waals surface area contributed by atoms with Crippen molar-refractivity contribution in [2.75, 3.05) is 23.3 Å². The summed E-state index contributed by atoms with van der Waals surface area (Å²) < 4.78 is 20.5. The Kier molecular flexibility index (Phi) is 4.42. The first-order valence-electron chi connectivity index (χ1n) is 9.70. The number of amides is 1. The van der Waals surface area contributed by atoms with Gasteiger partial charge in [-0.05, 0) is 61.6 Å². The molecule has 29 heavy (non-hydrogen) atoms. The first-order valence-corrected chi connectivity index (χ1v) is 10.5. The highest BCUT2D eigenvalue weighted by atomic mass is 79.9. The lowest BCUT2D eigenvalue weighted by Gasteiger charge is -2.37. The minimum Gasteiger partial charge on any atom is -0.438 e. The van der Waals surface area contributed by atoms with Gasteiger partial charge in [0, 0.05) is 34.2 Å². The Hall–Kier alpha value is -2.67. The molecule has 0 saturated heterocycles. The number of hydrogen-bond donors (Lipinski definition) is 2. The number of nitrogens with one attached hydrogen (secondary N) is 2. The fourth-order valence-corrected chi connectivity index (χ4v) is 4.74. The normalized spacial score (nSPS) is 15.3. The second kappa shape index (κ2) is 6.99. The topological polar surface area (TPSA) is 69.3 Å². The first-order chi connectivity index (χ1) is 14.0. The zero-order valence-electron chi connectivity index (χ0n) is 15.6. The Bertz CT molecular complexity index is 1220. The van der Waals surface area contributed by atoms with Crippen LogP contribution in [0.4, 0.5) is 15.8 Å². The van der Waals surface area contributed by atoms with Crippen molar-refractivity contribution >= 4 is 44.2 Å². The highest BCUT2D eigenvalue weighted by molar-refractivity contribution is 9.10. The molecule has 0 unspecified atom stereocenters. The van der Waals surface area contributed by atoms with Gasteiger partial charge in [-0.25, -0.2) is 4.39 Å². The van der Waals surface area contributed by atoms with E-state index in [0.29, 0.717) is 10.1 Å². The lowest BCUT2D eigenvalue weighted by atomic mass is 9.90. The number of nitrogens with zero attached hydrogens (tertiary/aromatic N) is 1. The highest BCUT2D eigenvalue weighted by Gasteiger charge is 2.27. The third-order valence-electron chi connectivity index (χ3n) is 5.67. The van der Waals surface area contributed by atoms with Crippen molar-refractivity contribution < 1.29 is 13.6 Å². The predicted molar refractivity (Wildman–Crippen MR) is 113 cm³/mol. The third-order valence-corrected chi connectivity index (χ3v) is 6.17. The van der Waals surface area contributed by atoms with Gasteiger partial charge in [0.1, 0.15) is 17.0 Å². The van der Waals surface area contributed by atoms with E-state index in [0.717, 1.165) is 49.7 Å². The van der Waals surface area contributed by atoms with E-state index in [1.807, 2.05) is 0 Å². The molecule has 0 atom stereocenters. The lowest BCUT2D eigenvalue weighted by molar-refractivity contribution is 0.102. The van der Waals surface area contributed by atoms with E-state index in [1.54, 1.807) is 12.1 Å². The van der Waals surface area contributed by atoms with Crippen LogP contribution in [-0.2, 0) is 12.8 Å². The molecular formula is C22H19BrFN3O2. The van der Waals surface area contributed by atoms with Gasteiger partial charge in [-0.1, -0.05) is 15.9 Å². The van der Waals surface area contributed by atoms with Crippen molar-refractivity contribution in [3.05, 3.63) is 62.9 Å². The van der Waals surface area contributed by atoms with Crippen LogP contribution >= 0.6 is 15.9 Å². The first kappa shape index (κ1) is 18.4. The molecule has 0 radical (unpaired) electrons. The van der Waals surface area contributed by atoms with E-state index >= 15 is 0 Å². The summed E-state index contributed by atoms with van der Waals surface area (Å²) >= 11 is 3.20. The Labute approximate surface area is 175 Å². The monoisotopic (exact) mass is 455 g/mol. The van der Waals surface area contributed by atoms with Gasteiger partial charge in [-0.2, -0.15) is 0 Å². The van der Waals surface area contributed by atoms with Gasteiger partial charge < -0.3 is 14.6 Å². The number of benzene rings is 2. The average Bonchev–Trinajstić information content (AvgIpc) is 2.70. The van der Waals surface area contributed by atoms with Crippen LogP contribution in [0.25, 0.3) is 11.0 Å². The second-order valence-electron chi connectivity index (χ2n) is 7.54. The zero-order chi connectivity index (χ0) is 20.1. The summed E-state index contributed by atoms with van der Waals surface area (Å²) in [6, 6.07) is 8.18. The minimum atomic E-state index is -0.560. The zero-order valence-corrected chi connectivity index (χ0v) is 17.2. The summed E-state index contributed by atoms with van der Waals surface area (Å²) in [5, 5.41) is 11.6. The van der Waals surface area contributed by atoms with E-state index in [2.05, 4.69) is 32.2 Å². The molecule has 5 nitrogen and oxygen atoms in total. The molecule has 0 aliphatic carbocycles. The van der Waals surface area contributed by atoms with Crippen LogP contribution in [0, 0.1) is 11.2 Å². The molecule has 3 aromatic rings. The van der Waals surface area contributed by atoms with Gasteiger partial charge in [-0.15, -0.1) is 0 Å². The van der Waals surface area contributed by atoms with Crippen molar-refractivity contribution in [2.24, 2.45) is 0 Å². The van der Waals surface area contributed by atoms with Gasteiger partial charge in [-0.3, -0.25) is 10.2 Å². The molecule has 2 N–H and O–H groups in total. The number of fused-ring (bicyclic) bond motifs is 2. The Morgan fingerprint density at radius 2 is 1.97 bits per heavy atom. The van der Waals surface area contributed by atoms with E-state index in [1.165, 1.54) is 23.4 Å². The fraction of sp³-hybridized carbons (Fsp3) is 0.273. The molecule has 2 aliphatic rings. The van der Waals surface area contributed by atoms with Crippen LogP contribution in [0.2, 0.25) is 0 Å². The Balaban J connectivity index is 1.59. The quantitative estimate of drug-likeness (QED) is 0.584. The molecule has 1 aromatic heterocycles. The van der Waals surface area contributed by atoms with Crippen LogP contribution in [0.15, 0.2) is 39.2 Å². The van der Waals surface area contributed by atoms with Crippen LogP contribution in [0.1, 0.15) is 34.3 Å². The summed E-state index contributed by atoms with van der Waals surface area (Å²) in [5.74, 6) is -1.11. The number of halogens is 2. The number of hydrogen-bond acceptors (Lipinski definition) is 4. The molecule has 148 valence electrons. The maximum absolute atomic E-state index is 14.1. The molecule has 0 spiro atoms. The second-order valence-corrected chi connectivity index (χ2v) is 8.46. The maximum atomic E-state index is 14.1. The molecule has 5 rings (SSSR count). The number of rotatable bonds is 2. The minimum absolute atomic E-state index is 0.0638. The van der Waals surface area contributed by atoms with E-state index in [-0.39, 0.29) is 16.8 Å². The van der Waals surface area contributed by atoms with Gasteiger partial charge in [0.05, 0.1) is 5.69 Å². The van der Waals surface area contributed by atoms with E-state index in [4.69, 9.17) is 9.83 Å². The van der Waals surface area contributed by atoms with Crippen molar-refractivity contribution in [1.29, 1.82) is 5.41 Å². The molecule has 0 bridgehead atoms. The standard InChI is InChI=1S/C22H19BrFN3O2/c23-14-5-6-18(17(24)11-14)26-22(28)16-10-13-9-12-3-1-7-27-8-2-4-15(19(12)27)20(13)29-21(16)25/h5-6,9-11,25H,1-4,7-8H2,(H,26,28). The number of carbonyl (C=O) groups excluding carboxylic acids is 1. The van der Waals surface area contributed by atoms with Crippen LogP contribution in [0.3, 0.4) is 0 Å². The summed E-state index contributed by atoms with van der Waals surface area (Å²) in [6.45, 7) is 2.11. The summed E-state index contributed by atoms with van der Waals surface area (Å²) in [6.07, 6.45) is 4.08. The molecule has 0 saturated carbocycles. The third kappa shape index (κ3) is 3.13. The van der Waals surface area contributed by atoms with Gasteiger partial charge in [0.25, 0.3) is 5.91 Å². The van der Waals surface area contributed by atoms with Gasteiger partial charge in [0.15, 0.2) is 0 Å². The fourth-order valence-electron chi connectivity index (χ4n) is 4.41. The summed E-state index contributed by atoms with van der Waals surface area (Å²) in [7, 11) is 0. The van der Waals surface area contributed by atoms with Crippen LogP contribution in [-0.4, -0.2) is 19.0 Å². The largest absolute Gasteiger partial charge is 0.438 e.